The smallest absolute Gasteiger partial charge is 0.0221 e. The molecule has 3 atom stereocenters. The third-order valence-corrected chi connectivity index (χ3v) is 4.88. The van der Waals surface area contributed by atoms with E-state index in [2.05, 4.69) is 17.1 Å². The number of rotatable bonds is 0. The summed E-state index contributed by atoms with van der Waals surface area (Å²) in [6.07, 6.45) is 5.81. The summed E-state index contributed by atoms with van der Waals surface area (Å²) in [5.74, 6) is 1.87. The minimum absolute atomic E-state index is 0.544. The molecular formula is C12H22N2. The van der Waals surface area contributed by atoms with Gasteiger partial charge in [-0.05, 0) is 57.7 Å². The molecule has 14 heavy (non-hydrogen) atoms. The largest absolute Gasteiger partial charge is 0.316 e. The Hall–Kier alpha value is -0.0800. The summed E-state index contributed by atoms with van der Waals surface area (Å²) in [5, 5.41) is 3.62. The minimum Gasteiger partial charge on any atom is -0.316 e. The van der Waals surface area contributed by atoms with Crippen LogP contribution in [0.4, 0.5) is 0 Å². The lowest BCUT2D eigenvalue weighted by atomic mass is 9.68. The van der Waals surface area contributed by atoms with Gasteiger partial charge in [0.05, 0.1) is 0 Å². The van der Waals surface area contributed by atoms with Crippen molar-refractivity contribution >= 4 is 0 Å². The first-order chi connectivity index (χ1) is 6.79. The van der Waals surface area contributed by atoms with E-state index < -0.39 is 0 Å². The molecule has 80 valence electrons. The van der Waals surface area contributed by atoms with Crippen LogP contribution < -0.4 is 5.32 Å². The van der Waals surface area contributed by atoms with E-state index in [9.17, 15) is 0 Å². The van der Waals surface area contributed by atoms with Gasteiger partial charge in [0.1, 0.15) is 0 Å². The summed E-state index contributed by atoms with van der Waals surface area (Å²) in [4.78, 5) is 2.80. The molecule has 1 N–H and O–H groups in total. The molecule has 3 rings (SSSR count). The fraction of sp³-hybridized carbons (Fsp3) is 1.00. The molecule has 0 aliphatic carbocycles. The van der Waals surface area contributed by atoms with Crippen molar-refractivity contribution < 1.29 is 0 Å². The van der Waals surface area contributed by atoms with Crippen LogP contribution in [0.15, 0.2) is 0 Å². The quantitative estimate of drug-likeness (QED) is 0.628. The van der Waals surface area contributed by atoms with E-state index in [1.54, 1.807) is 0 Å². The summed E-state index contributed by atoms with van der Waals surface area (Å²) in [6.45, 7) is 7.77. The Labute approximate surface area is 87.0 Å². The van der Waals surface area contributed by atoms with Gasteiger partial charge in [-0.3, -0.25) is 4.90 Å². The topological polar surface area (TPSA) is 15.3 Å². The van der Waals surface area contributed by atoms with Crippen LogP contribution in [0.1, 0.15) is 32.6 Å². The van der Waals surface area contributed by atoms with Crippen LogP contribution in [0.3, 0.4) is 0 Å². The van der Waals surface area contributed by atoms with Gasteiger partial charge in [0.15, 0.2) is 0 Å². The standard InChI is InChI=1S/C12H22N2/c1-12-4-2-3-5-14(12)9-10-6-11(12)8-13-7-10/h10-11,13H,2-9H2,1H3/t10-,11+,12-/m0/s1. The van der Waals surface area contributed by atoms with E-state index in [-0.39, 0.29) is 0 Å². The maximum Gasteiger partial charge on any atom is 0.0221 e. The lowest BCUT2D eigenvalue weighted by Gasteiger charge is -2.57. The number of hydrogen-bond donors (Lipinski definition) is 1. The predicted octanol–water partition coefficient (Wildman–Crippen LogP) is 1.47. The van der Waals surface area contributed by atoms with Gasteiger partial charge in [-0.25, -0.2) is 0 Å². The van der Waals surface area contributed by atoms with Crippen molar-refractivity contribution in [2.75, 3.05) is 26.2 Å². The Morgan fingerprint density at radius 2 is 2.21 bits per heavy atom. The van der Waals surface area contributed by atoms with E-state index in [0.717, 1.165) is 11.8 Å². The number of hydrogen-bond acceptors (Lipinski definition) is 2. The van der Waals surface area contributed by atoms with E-state index in [0.29, 0.717) is 5.54 Å². The van der Waals surface area contributed by atoms with Gasteiger partial charge in [-0.2, -0.15) is 0 Å². The van der Waals surface area contributed by atoms with Crippen molar-refractivity contribution in [2.45, 2.75) is 38.1 Å². The van der Waals surface area contributed by atoms with E-state index >= 15 is 0 Å². The molecule has 0 aromatic heterocycles. The first-order valence-electron chi connectivity index (χ1n) is 6.25. The van der Waals surface area contributed by atoms with Crippen LogP contribution in [0.5, 0.6) is 0 Å². The zero-order chi connectivity index (χ0) is 9.60. The normalized spacial score (nSPS) is 48.6. The van der Waals surface area contributed by atoms with Gasteiger partial charge in [0, 0.05) is 12.1 Å². The molecule has 3 aliphatic heterocycles. The molecule has 3 heterocycles. The Morgan fingerprint density at radius 1 is 1.29 bits per heavy atom. The second-order valence-electron chi connectivity index (χ2n) is 5.72. The maximum atomic E-state index is 3.62. The Balaban J connectivity index is 1.86. The van der Waals surface area contributed by atoms with Crippen LogP contribution in [0.2, 0.25) is 0 Å². The summed E-state index contributed by atoms with van der Waals surface area (Å²) >= 11 is 0. The average molecular weight is 194 g/mol. The molecule has 3 fully saturated rings. The van der Waals surface area contributed by atoms with Gasteiger partial charge < -0.3 is 5.32 Å². The number of nitrogens with one attached hydrogen (secondary N) is 1. The zero-order valence-corrected chi connectivity index (χ0v) is 9.26. The number of fused-ring (bicyclic) bond motifs is 4. The van der Waals surface area contributed by atoms with Crippen LogP contribution >= 0.6 is 0 Å². The number of piperidine rings is 3. The average Bonchev–Trinajstić information content (AvgIpc) is 2.21. The maximum absolute atomic E-state index is 3.62. The van der Waals surface area contributed by atoms with Crippen LogP contribution in [0, 0.1) is 11.8 Å². The summed E-state index contributed by atoms with van der Waals surface area (Å²) in [6, 6.07) is 0. The summed E-state index contributed by atoms with van der Waals surface area (Å²) in [5.41, 5.74) is 0.544. The van der Waals surface area contributed by atoms with Crippen LogP contribution in [-0.2, 0) is 0 Å². The lowest BCUT2D eigenvalue weighted by molar-refractivity contribution is -0.0581. The van der Waals surface area contributed by atoms with E-state index in [1.807, 2.05) is 0 Å². The molecule has 2 nitrogen and oxygen atoms in total. The van der Waals surface area contributed by atoms with Crippen molar-refractivity contribution in [2.24, 2.45) is 11.8 Å². The van der Waals surface area contributed by atoms with Gasteiger partial charge in [0.25, 0.3) is 0 Å². The van der Waals surface area contributed by atoms with Gasteiger partial charge in [0.2, 0.25) is 0 Å². The summed E-state index contributed by atoms with van der Waals surface area (Å²) < 4.78 is 0. The fourth-order valence-electron chi connectivity index (χ4n) is 3.92. The molecule has 3 saturated heterocycles. The third kappa shape index (κ3) is 1.24. The van der Waals surface area contributed by atoms with Crippen molar-refractivity contribution in [1.82, 2.24) is 10.2 Å². The van der Waals surface area contributed by atoms with E-state index in [1.165, 1.54) is 51.9 Å². The lowest BCUT2D eigenvalue weighted by Crippen LogP contribution is -2.64. The highest BCUT2D eigenvalue weighted by molar-refractivity contribution is 5.03. The fourth-order valence-corrected chi connectivity index (χ4v) is 3.92. The van der Waals surface area contributed by atoms with Crippen molar-refractivity contribution in [3.63, 3.8) is 0 Å². The molecule has 0 radical (unpaired) electrons. The second kappa shape index (κ2) is 3.21. The molecule has 3 aliphatic rings. The Morgan fingerprint density at radius 3 is 3.14 bits per heavy atom. The molecule has 0 spiro atoms. The SMILES string of the molecule is C[C@@]12CCCCN1C[C@@H]1CNC[C@H]2C1. The predicted molar refractivity (Wildman–Crippen MR) is 58.3 cm³/mol. The zero-order valence-electron chi connectivity index (χ0n) is 9.26. The Kier molecular flexibility index (Phi) is 2.10. The monoisotopic (exact) mass is 194 g/mol. The highest BCUT2D eigenvalue weighted by atomic mass is 15.2. The Bertz CT molecular complexity index is 222. The minimum atomic E-state index is 0.544. The van der Waals surface area contributed by atoms with E-state index in [4.69, 9.17) is 0 Å². The van der Waals surface area contributed by atoms with Crippen molar-refractivity contribution in [3.05, 3.63) is 0 Å². The molecule has 0 unspecified atom stereocenters. The molecule has 0 amide bonds. The summed E-state index contributed by atoms with van der Waals surface area (Å²) in [7, 11) is 0. The molecular weight excluding hydrogens is 172 g/mol. The van der Waals surface area contributed by atoms with Crippen LogP contribution in [0.25, 0.3) is 0 Å². The third-order valence-electron chi connectivity index (χ3n) is 4.88. The molecule has 0 aromatic rings. The van der Waals surface area contributed by atoms with Gasteiger partial charge >= 0.3 is 0 Å². The number of nitrogens with zero attached hydrogens (tertiary/aromatic N) is 1. The first-order valence-corrected chi connectivity index (χ1v) is 6.25. The molecule has 2 bridgehead atoms. The molecule has 2 heteroatoms. The van der Waals surface area contributed by atoms with Gasteiger partial charge in [-0.1, -0.05) is 6.42 Å². The highest BCUT2D eigenvalue weighted by Crippen LogP contribution is 2.43. The van der Waals surface area contributed by atoms with Crippen molar-refractivity contribution in [3.8, 4) is 0 Å². The van der Waals surface area contributed by atoms with Gasteiger partial charge in [-0.15, -0.1) is 0 Å². The first kappa shape index (κ1) is 9.17. The molecule has 0 aromatic carbocycles. The van der Waals surface area contributed by atoms with Crippen molar-refractivity contribution in [1.29, 1.82) is 0 Å². The second-order valence-corrected chi connectivity index (χ2v) is 5.72. The van der Waals surface area contributed by atoms with Crippen LogP contribution in [-0.4, -0.2) is 36.6 Å². The highest BCUT2D eigenvalue weighted by Gasteiger charge is 2.47. The molecule has 0 saturated carbocycles.